The first-order valence-corrected chi connectivity index (χ1v) is 13.6. The SMILES string of the molecule is COc1cccc2c1C(=O)c1c(O)c3c(c(O)c1C2=O)C[C@@](O)(C(C)=O)C[C@@H]3O[C@H]1C[C@H](N)[C@H](O)[C@H](C)O1.NC(=O)C(F)(F)F. The summed E-state index contributed by atoms with van der Waals surface area (Å²) in [7, 11) is 1.34. The van der Waals surface area contributed by atoms with Gasteiger partial charge in [0.15, 0.2) is 17.9 Å². The Morgan fingerprint density at radius 1 is 1.09 bits per heavy atom. The van der Waals surface area contributed by atoms with Gasteiger partial charge >= 0.3 is 12.1 Å². The molecule has 13 nitrogen and oxygen atoms in total. The molecule has 0 bridgehead atoms. The molecule has 6 atom stereocenters. The number of hydrogen-bond donors (Lipinski definition) is 6. The van der Waals surface area contributed by atoms with Crippen LogP contribution in [0.5, 0.6) is 17.2 Å². The molecule has 1 fully saturated rings. The molecule has 3 aliphatic rings. The van der Waals surface area contributed by atoms with Gasteiger partial charge in [-0.1, -0.05) is 12.1 Å². The second-order valence-electron chi connectivity index (χ2n) is 11.0. The quantitative estimate of drug-likeness (QED) is 0.220. The summed E-state index contributed by atoms with van der Waals surface area (Å²) in [6.45, 7) is 2.79. The van der Waals surface area contributed by atoms with E-state index in [2.05, 4.69) is 5.73 Å². The molecule has 0 unspecified atom stereocenters. The van der Waals surface area contributed by atoms with E-state index in [-0.39, 0.29) is 40.8 Å². The Hall–Kier alpha value is -4.09. The summed E-state index contributed by atoms with van der Waals surface area (Å²) in [4.78, 5) is 48.7. The predicted molar refractivity (Wildman–Crippen MR) is 146 cm³/mol. The topological polar surface area (TPSA) is 229 Å². The van der Waals surface area contributed by atoms with Crippen LogP contribution in [0.4, 0.5) is 13.2 Å². The van der Waals surface area contributed by atoms with E-state index in [1.165, 1.54) is 32.2 Å². The normalized spacial score (nSPS) is 27.4. The summed E-state index contributed by atoms with van der Waals surface area (Å²) in [6, 6.07) is 3.75. The number of rotatable bonds is 4. The van der Waals surface area contributed by atoms with Gasteiger partial charge < -0.3 is 46.1 Å². The standard InChI is InChI=1S/C27H29NO10.C2H2F3NO/c1-10-22(30)14(28)7-17(37-10)38-16-9-27(35,11(2)29)8-13-19(16)26(34)21-20(24(13)32)23(31)12-5-4-6-15(36-3)18(12)25(21)33;3-2(4,5)1(6)7/h4-6,10,14,16-17,22,30,32,34-35H,7-9,28H2,1-3H3;(H2,6,7)/t10-,14-,16-,17-,22+,27-;/m0./s1. The molecule has 16 heteroatoms. The Labute approximate surface area is 253 Å². The van der Waals surface area contributed by atoms with Crippen LogP contribution in [0.2, 0.25) is 0 Å². The third kappa shape index (κ3) is 5.98. The number of phenols is 2. The number of carbonyl (C=O) groups excluding carboxylic acids is 4. The molecule has 1 amide bonds. The molecule has 244 valence electrons. The summed E-state index contributed by atoms with van der Waals surface area (Å²) in [5.41, 5.74) is 6.78. The highest BCUT2D eigenvalue weighted by molar-refractivity contribution is 6.31. The lowest BCUT2D eigenvalue weighted by Crippen LogP contribution is -2.52. The van der Waals surface area contributed by atoms with Crippen LogP contribution in [0.3, 0.4) is 0 Å². The van der Waals surface area contributed by atoms with Crippen molar-refractivity contribution in [1.82, 2.24) is 0 Å². The lowest BCUT2D eigenvalue weighted by Gasteiger charge is -2.42. The molecular weight excluding hydrogens is 609 g/mol. The number of aromatic hydroxyl groups is 2. The Balaban J connectivity index is 0.000000591. The molecule has 0 aromatic heterocycles. The van der Waals surface area contributed by atoms with Crippen molar-refractivity contribution in [3.8, 4) is 17.2 Å². The number of fused-ring (bicyclic) bond motifs is 3. The van der Waals surface area contributed by atoms with Crippen LogP contribution < -0.4 is 16.2 Å². The van der Waals surface area contributed by atoms with E-state index in [0.29, 0.717) is 0 Å². The Morgan fingerprint density at radius 2 is 1.69 bits per heavy atom. The minimum atomic E-state index is -4.86. The van der Waals surface area contributed by atoms with Gasteiger partial charge in [0.1, 0.15) is 22.8 Å². The van der Waals surface area contributed by atoms with Crippen LogP contribution in [0, 0.1) is 0 Å². The molecule has 0 saturated carbocycles. The van der Waals surface area contributed by atoms with Gasteiger partial charge in [0.25, 0.3) is 0 Å². The van der Waals surface area contributed by atoms with E-state index >= 15 is 0 Å². The zero-order valence-corrected chi connectivity index (χ0v) is 24.2. The lowest BCUT2D eigenvalue weighted by molar-refractivity contribution is -0.247. The number of alkyl halides is 3. The number of aliphatic hydroxyl groups excluding tert-OH is 1. The Kier molecular flexibility index (Phi) is 9.02. The fourth-order valence-electron chi connectivity index (χ4n) is 5.66. The highest BCUT2D eigenvalue weighted by Crippen LogP contribution is 2.52. The first-order valence-electron chi connectivity index (χ1n) is 13.6. The van der Waals surface area contributed by atoms with Crippen molar-refractivity contribution in [2.45, 2.75) is 75.5 Å². The van der Waals surface area contributed by atoms with Gasteiger partial charge in [-0.3, -0.25) is 19.2 Å². The fourth-order valence-corrected chi connectivity index (χ4v) is 5.66. The fraction of sp³-hybridized carbons (Fsp3) is 0.448. The second kappa shape index (κ2) is 12.0. The van der Waals surface area contributed by atoms with Gasteiger partial charge in [-0.2, -0.15) is 13.2 Å². The van der Waals surface area contributed by atoms with Crippen molar-refractivity contribution in [2.24, 2.45) is 11.5 Å². The Morgan fingerprint density at radius 3 is 2.22 bits per heavy atom. The van der Waals surface area contributed by atoms with E-state index < -0.39 is 94.7 Å². The van der Waals surface area contributed by atoms with Crippen molar-refractivity contribution in [3.63, 3.8) is 0 Å². The third-order valence-corrected chi connectivity index (χ3v) is 8.08. The predicted octanol–water partition coefficient (Wildman–Crippen LogP) is 1.06. The smallest absolute Gasteiger partial charge is 0.470 e. The van der Waals surface area contributed by atoms with Crippen LogP contribution >= 0.6 is 0 Å². The molecule has 0 radical (unpaired) electrons. The number of methoxy groups -OCH3 is 1. The highest BCUT2D eigenvalue weighted by atomic mass is 19.4. The molecule has 1 aliphatic heterocycles. The zero-order valence-electron chi connectivity index (χ0n) is 24.2. The van der Waals surface area contributed by atoms with Crippen molar-refractivity contribution in [1.29, 1.82) is 0 Å². The van der Waals surface area contributed by atoms with Crippen LogP contribution in [-0.4, -0.2) is 87.1 Å². The lowest BCUT2D eigenvalue weighted by atomic mass is 9.72. The maximum absolute atomic E-state index is 13.6. The van der Waals surface area contributed by atoms with Gasteiger partial charge in [0.2, 0.25) is 5.78 Å². The third-order valence-electron chi connectivity index (χ3n) is 8.08. The van der Waals surface area contributed by atoms with Crippen LogP contribution in [0.15, 0.2) is 18.2 Å². The molecule has 0 spiro atoms. The van der Waals surface area contributed by atoms with Crippen molar-refractivity contribution < 1.29 is 67.0 Å². The number of aliphatic hydroxyl groups is 2. The van der Waals surface area contributed by atoms with Gasteiger partial charge in [-0.25, -0.2) is 0 Å². The van der Waals surface area contributed by atoms with Crippen LogP contribution in [-0.2, 0) is 25.5 Å². The summed E-state index contributed by atoms with van der Waals surface area (Å²) < 4.78 is 49.2. The first-order chi connectivity index (χ1) is 20.8. The molecule has 2 aliphatic carbocycles. The number of benzene rings is 2. The highest BCUT2D eigenvalue weighted by Gasteiger charge is 2.49. The zero-order chi connectivity index (χ0) is 33.8. The summed E-state index contributed by atoms with van der Waals surface area (Å²) in [5.74, 6) is -5.43. The molecule has 2 aromatic carbocycles. The molecule has 5 rings (SSSR count). The number of nitrogens with two attached hydrogens (primary N) is 2. The summed E-state index contributed by atoms with van der Waals surface area (Å²) in [6.07, 6.45) is -9.39. The maximum atomic E-state index is 13.6. The van der Waals surface area contributed by atoms with Crippen LogP contribution in [0.1, 0.15) is 75.8 Å². The molecule has 2 aromatic rings. The summed E-state index contributed by atoms with van der Waals surface area (Å²) in [5, 5.41) is 44.1. The van der Waals surface area contributed by atoms with Crippen molar-refractivity contribution >= 4 is 23.3 Å². The Bertz CT molecular complexity index is 1570. The van der Waals surface area contributed by atoms with Gasteiger partial charge in [-0.15, -0.1) is 0 Å². The summed E-state index contributed by atoms with van der Waals surface area (Å²) >= 11 is 0. The number of ether oxygens (including phenoxy) is 3. The van der Waals surface area contributed by atoms with Gasteiger partial charge in [0.05, 0.1) is 42.1 Å². The number of ketones is 3. The number of carbonyl (C=O) groups is 4. The van der Waals surface area contributed by atoms with Crippen LogP contribution in [0.25, 0.3) is 0 Å². The number of hydrogen-bond acceptors (Lipinski definition) is 12. The van der Waals surface area contributed by atoms with E-state index in [1.54, 1.807) is 6.92 Å². The monoisotopic (exact) mass is 640 g/mol. The number of phenolic OH excluding ortho intramolecular Hbond substituents is 2. The number of Topliss-reactive ketones (excluding diaryl/α,β-unsaturated/α-hetero) is 1. The van der Waals surface area contributed by atoms with Crippen molar-refractivity contribution in [2.75, 3.05) is 7.11 Å². The largest absolute Gasteiger partial charge is 0.507 e. The average Bonchev–Trinajstić information content (AvgIpc) is 2.95. The molecule has 1 saturated heterocycles. The molecule has 1 heterocycles. The van der Waals surface area contributed by atoms with Gasteiger partial charge in [0, 0.05) is 42.0 Å². The minimum Gasteiger partial charge on any atom is -0.507 e. The maximum Gasteiger partial charge on any atom is 0.470 e. The molecular formula is C29H31F3N2O11. The molecule has 8 N–H and O–H groups in total. The van der Waals surface area contributed by atoms with E-state index in [0.717, 1.165) is 0 Å². The first kappa shape index (κ1) is 33.8. The van der Waals surface area contributed by atoms with Gasteiger partial charge in [-0.05, 0) is 19.9 Å². The minimum absolute atomic E-state index is 0.0147. The van der Waals surface area contributed by atoms with E-state index in [4.69, 9.17) is 24.7 Å². The van der Waals surface area contributed by atoms with E-state index in [9.17, 15) is 48.0 Å². The average molecular weight is 641 g/mol. The van der Waals surface area contributed by atoms with Crippen molar-refractivity contribution in [3.05, 3.63) is 51.6 Å². The number of amides is 1. The number of halogens is 3. The number of primary amides is 1. The second-order valence-corrected chi connectivity index (χ2v) is 11.0. The molecule has 45 heavy (non-hydrogen) atoms. The van der Waals surface area contributed by atoms with E-state index in [1.807, 2.05) is 0 Å².